The number of anilines is 1. The molecule has 2 aromatic carbocycles. The molecule has 0 radical (unpaired) electrons. The second kappa shape index (κ2) is 7.02. The second-order valence-corrected chi connectivity index (χ2v) is 5.86. The normalized spacial score (nSPS) is 10.3. The maximum absolute atomic E-state index is 12.2. The van der Waals surface area contributed by atoms with E-state index in [0.717, 1.165) is 5.75 Å². The van der Waals surface area contributed by atoms with Crippen LogP contribution in [0.3, 0.4) is 0 Å². The van der Waals surface area contributed by atoms with Gasteiger partial charge in [0, 0.05) is 11.3 Å². The predicted octanol–water partition coefficient (Wildman–Crippen LogP) is 5.11. The van der Waals surface area contributed by atoms with Gasteiger partial charge in [0.15, 0.2) is 0 Å². The van der Waals surface area contributed by atoms with Gasteiger partial charge in [-0.15, -0.1) is 0 Å². The number of benzene rings is 2. The molecular formula is C15H13Cl2NOS. The first kappa shape index (κ1) is 15.2. The molecule has 104 valence electrons. The van der Waals surface area contributed by atoms with Crippen LogP contribution in [0.1, 0.15) is 15.9 Å². The molecule has 0 atom stereocenters. The molecular weight excluding hydrogens is 313 g/mol. The van der Waals surface area contributed by atoms with E-state index in [0.29, 0.717) is 21.3 Å². The number of hydrogen-bond donors (Lipinski definition) is 1. The maximum atomic E-state index is 12.2. The van der Waals surface area contributed by atoms with Gasteiger partial charge in [0.1, 0.15) is 0 Å². The number of carbonyl (C=O) groups excluding carboxylic acids is 1. The lowest BCUT2D eigenvalue weighted by Crippen LogP contribution is -2.12. The van der Waals surface area contributed by atoms with Gasteiger partial charge in [0.25, 0.3) is 5.91 Å². The maximum Gasteiger partial charge on any atom is 0.255 e. The largest absolute Gasteiger partial charge is 0.319 e. The van der Waals surface area contributed by atoms with Gasteiger partial charge in [-0.25, -0.2) is 0 Å². The van der Waals surface area contributed by atoms with Gasteiger partial charge in [-0.3, -0.25) is 4.79 Å². The minimum atomic E-state index is -0.226. The molecule has 0 aromatic heterocycles. The third-order valence-electron chi connectivity index (χ3n) is 2.73. The number of para-hydroxylation sites is 1. The minimum absolute atomic E-state index is 0.226. The lowest BCUT2D eigenvalue weighted by Gasteiger charge is -2.09. The molecule has 2 nitrogen and oxygen atoms in total. The van der Waals surface area contributed by atoms with Crippen molar-refractivity contribution in [1.29, 1.82) is 0 Å². The van der Waals surface area contributed by atoms with Gasteiger partial charge < -0.3 is 5.32 Å². The zero-order valence-electron chi connectivity index (χ0n) is 10.8. The fourth-order valence-corrected chi connectivity index (χ4v) is 2.74. The Hall–Kier alpha value is -1.16. The quantitative estimate of drug-likeness (QED) is 0.846. The zero-order valence-corrected chi connectivity index (χ0v) is 13.1. The van der Waals surface area contributed by atoms with Gasteiger partial charge in [-0.1, -0.05) is 41.4 Å². The van der Waals surface area contributed by atoms with Crippen LogP contribution < -0.4 is 5.32 Å². The molecule has 1 amide bonds. The molecule has 0 spiro atoms. The van der Waals surface area contributed by atoms with Crippen LogP contribution in [0.5, 0.6) is 0 Å². The van der Waals surface area contributed by atoms with Gasteiger partial charge >= 0.3 is 0 Å². The molecule has 5 heteroatoms. The van der Waals surface area contributed by atoms with Gasteiger partial charge in [-0.05, 0) is 36.1 Å². The Labute approximate surface area is 132 Å². The van der Waals surface area contributed by atoms with E-state index in [4.69, 9.17) is 23.2 Å². The first-order valence-electron chi connectivity index (χ1n) is 5.95. The number of halogens is 2. The summed E-state index contributed by atoms with van der Waals surface area (Å²) >= 11 is 13.8. The Balaban J connectivity index is 2.16. The highest BCUT2D eigenvalue weighted by Gasteiger charge is 2.11. The molecule has 0 unspecified atom stereocenters. The number of carbonyl (C=O) groups is 1. The SMILES string of the molecule is CSCc1ccc(C(=O)Nc2c(Cl)cccc2Cl)cc1. The van der Waals surface area contributed by atoms with Crippen LogP contribution in [-0.2, 0) is 5.75 Å². The summed E-state index contributed by atoms with van der Waals surface area (Å²) in [6.07, 6.45) is 2.04. The molecule has 2 rings (SSSR count). The Morgan fingerprint density at radius 2 is 1.70 bits per heavy atom. The van der Waals surface area contributed by atoms with Crippen LogP contribution in [0, 0.1) is 0 Å². The van der Waals surface area contributed by atoms with E-state index >= 15 is 0 Å². The van der Waals surface area contributed by atoms with E-state index in [1.165, 1.54) is 5.56 Å². The van der Waals surface area contributed by atoms with Crippen molar-refractivity contribution in [2.24, 2.45) is 0 Å². The first-order chi connectivity index (χ1) is 9.61. The van der Waals surface area contributed by atoms with Crippen LogP contribution in [-0.4, -0.2) is 12.2 Å². The van der Waals surface area contributed by atoms with E-state index in [1.807, 2.05) is 18.4 Å². The molecule has 0 fully saturated rings. The Morgan fingerprint density at radius 1 is 1.10 bits per heavy atom. The van der Waals surface area contributed by atoms with Gasteiger partial charge in [0.2, 0.25) is 0 Å². The van der Waals surface area contributed by atoms with E-state index in [2.05, 4.69) is 5.32 Å². The molecule has 1 N–H and O–H groups in total. The number of thioether (sulfide) groups is 1. The lowest BCUT2D eigenvalue weighted by molar-refractivity contribution is 0.102. The van der Waals surface area contributed by atoms with Crippen LogP contribution in [0.2, 0.25) is 10.0 Å². The number of hydrogen-bond acceptors (Lipinski definition) is 2. The average molecular weight is 326 g/mol. The predicted molar refractivity (Wildman–Crippen MR) is 88.1 cm³/mol. The fraction of sp³-hybridized carbons (Fsp3) is 0.133. The first-order valence-corrected chi connectivity index (χ1v) is 8.10. The summed E-state index contributed by atoms with van der Waals surface area (Å²) in [6.45, 7) is 0. The highest BCUT2D eigenvalue weighted by Crippen LogP contribution is 2.30. The standard InChI is InChI=1S/C15H13Cl2NOS/c1-20-9-10-5-7-11(8-6-10)15(19)18-14-12(16)3-2-4-13(14)17/h2-8H,9H2,1H3,(H,18,19). The van der Waals surface area contributed by atoms with Crippen LogP contribution in [0.15, 0.2) is 42.5 Å². The van der Waals surface area contributed by atoms with Crippen molar-refractivity contribution in [3.63, 3.8) is 0 Å². The summed E-state index contributed by atoms with van der Waals surface area (Å²) in [5.41, 5.74) is 2.20. The topological polar surface area (TPSA) is 29.1 Å². The lowest BCUT2D eigenvalue weighted by atomic mass is 10.1. The van der Waals surface area contributed by atoms with E-state index in [9.17, 15) is 4.79 Å². The zero-order chi connectivity index (χ0) is 14.5. The summed E-state index contributed by atoms with van der Waals surface area (Å²) in [7, 11) is 0. The summed E-state index contributed by atoms with van der Waals surface area (Å²) in [4.78, 5) is 12.2. The third-order valence-corrected chi connectivity index (χ3v) is 3.98. The summed E-state index contributed by atoms with van der Waals surface area (Å²) in [5.74, 6) is 0.703. The van der Waals surface area contributed by atoms with E-state index < -0.39 is 0 Å². The van der Waals surface area contributed by atoms with Crippen LogP contribution in [0.4, 0.5) is 5.69 Å². The summed E-state index contributed by atoms with van der Waals surface area (Å²) in [6, 6.07) is 12.6. The Bertz CT molecular complexity index is 594. The number of nitrogens with one attached hydrogen (secondary N) is 1. The van der Waals surface area contributed by atoms with Crippen molar-refractivity contribution in [3.8, 4) is 0 Å². The second-order valence-electron chi connectivity index (χ2n) is 4.18. The van der Waals surface area contributed by atoms with Gasteiger partial charge in [-0.2, -0.15) is 11.8 Å². The molecule has 0 aliphatic heterocycles. The molecule has 2 aromatic rings. The highest BCUT2D eigenvalue weighted by atomic mass is 35.5. The van der Waals surface area contributed by atoms with Crippen molar-refractivity contribution in [2.75, 3.05) is 11.6 Å². The molecule has 0 aliphatic carbocycles. The molecule has 0 saturated carbocycles. The average Bonchev–Trinajstić information content (AvgIpc) is 2.44. The molecule has 20 heavy (non-hydrogen) atoms. The van der Waals surface area contributed by atoms with Crippen molar-refractivity contribution in [1.82, 2.24) is 0 Å². The Kier molecular flexibility index (Phi) is 5.35. The molecule has 0 heterocycles. The monoisotopic (exact) mass is 325 g/mol. The summed E-state index contributed by atoms with van der Waals surface area (Å²) in [5, 5.41) is 3.58. The van der Waals surface area contributed by atoms with Crippen LogP contribution in [0.25, 0.3) is 0 Å². The molecule has 0 saturated heterocycles. The minimum Gasteiger partial charge on any atom is -0.319 e. The van der Waals surface area contributed by atoms with Gasteiger partial charge in [0.05, 0.1) is 15.7 Å². The number of rotatable bonds is 4. The number of amides is 1. The molecule has 0 bridgehead atoms. The summed E-state index contributed by atoms with van der Waals surface area (Å²) < 4.78 is 0. The van der Waals surface area contributed by atoms with E-state index in [-0.39, 0.29) is 5.91 Å². The van der Waals surface area contributed by atoms with Crippen molar-refractivity contribution in [2.45, 2.75) is 5.75 Å². The fourth-order valence-electron chi connectivity index (χ4n) is 1.72. The molecule has 0 aliphatic rings. The van der Waals surface area contributed by atoms with Crippen molar-refractivity contribution in [3.05, 3.63) is 63.6 Å². The Morgan fingerprint density at radius 3 is 2.25 bits per heavy atom. The smallest absolute Gasteiger partial charge is 0.255 e. The third kappa shape index (κ3) is 3.69. The van der Waals surface area contributed by atoms with Crippen molar-refractivity contribution >= 4 is 46.6 Å². The highest BCUT2D eigenvalue weighted by molar-refractivity contribution is 7.97. The van der Waals surface area contributed by atoms with Crippen LogP contribution >= 0.6 is 35.0 Å². The van der Waals surface area contributed by atoms with Crippen molar-refractivity contribution < 1.29 is 4.79 Å². The van der Waals surface area contributed by atoms with E-state index in [1.54, 1.807) is 42.1 Å².